The molecule has 0 fully saturated rings. The number of ether oxygens (including phenoxy) is 2. The Hall–Kier alpha value is -2.04. The molecule has 0 amide bonds. The van der Waals surface area contributed by atoms with Gasteiger partial charge in [0.05, 0.1) is 27.8 Å². The van der Waals surface area contributed by atoms with Crippen LogP contribution >= 0.6 is 23.2 Å². The second-order valence-electron chi connectivity index (χ2n) is 5.03. The highest BCUT2D eigenvalue weighted by molar-refractivity contribution is 6.42. The molecule has 4 nitrogen and oxygen atoms in total. The molecule has 24 heavy (non-hydrogen) atoms. The molecule has 0 unspecified atom stereocenters. The molecule has 6 heteroatoms. The number of halogens is 2. The van der Waals surface area contributed by atoms with Crippen molar-refractivity contribution in [1.29, 1.82) is 0 Å². The van der Waals surface area contributed by atoms with E-state index in [2.05, 4.69) is 0 Å². The van der Waals surface area contributed by atoms with Crippen LogP contribution in [0.2, 0.25) is 10.0 Å². The average Bonchev–Trinajstić information content (AvgIpc) is 2.58. The van der Waals surface area contributed by atoms with Crippen LogP contribution in [0.5, 0.6) is 5.75 Å². The van der Waals surface area contributed by atoms with Crippen LogP contribution in [-0.4, -0.2) is 18.5 Å². The predicted octanol–water partition coefficient (Wildman–Crippen LogP) is 5.17. The van der Waals surface area contributed by atoms with E-state index in [-0.39, 0.29) is 5.75 Å². The van der Waals surface area contributed by atoms with Crippen LogP contribution in [0.3, 0.4) is 0 Å². The molecule has 0 aliphatic heterocycles. The number of carbonyl (C=O) groups excluding carboxylic acids is 2. The summed E-state index contributed by atoms with van der Waals surface area (Å²) in [5.74, 6) is -0.676. The Bertz CT molecular complexity index is 726. The largest absolute Gasteiger partial charge is 0.462 e. The van der Waals surface area contributed by atoms with Gasteiger partial charge >= 0.3 is 11.9 Å². The van der Waals surface area contributed by atoms with Crippen molar-refractivity contribution in [3.05, 3.63) is 63.6 Å². The third-order valence-electron chi connectivity index (χ3n) is 3.19. The van der Waals surface area contributed by atoms with Gasteiger partial charge in [-0.3, -0.25) is 0 Å². The van der Waals surface area contributed by atoms with Crippen LogP contribution in [-0.2, 0) is 4.74 Å². The number of benzene rings is 2. The minimum atomic E-state index is -0.556. The molecule has 126 valence electrons. The van der Waals surface area contributed by atoms with Gasteiger partial charge in [-0.25, -0.2) is 9.59 Å². The molecule has 0 bridgehead atoms. The van der Waals surface area contributed by atoms with Crippen LogP contribution in [0.1, 0.15) is 40.5 Å². The summed E-state index contributed by atoms with van der Waals surface area (Å²) in [6, 6.07) is 10.6. The van der Waals surface area contributed by atoms with Gasteiger partial charge in [0.1, 0.15) is 5.75 Å². The standard InChI is InChI=1S/C18H16Cl2O4/c1-2-3-10-23-17(21)12-4-6-13(7-5-12)18(22)24-14-8-9-15(19)16(20)11-14/h4-9,11H,2-3,10H2,1H3. The molecular weight excluding hydrogens is 351 g/mol. The number of rotatable bonds is 6. The molecule has 0 radical (unpaired) electrons. The highest BCUT2D eigenvalue weighted by Gasteiger charge is 2.12. The maximum atomic E-state index is 12.1. The van der Waals surface area contributed by atoms with E-state index < -0.39 is 11.9 Å². The zero-order valence-corrected chi connectivity index (χ0v) is 14.6. The topological polar surface area (TPSA) is 52.6 Å². The van der Waals surface area contributed by atoms with Crippen molar-refractivity contribution in [2.45, 2.75) is 19.8 Å². The Balaban J connectivity index is 2.00. The first-order valence-electron chi connectivity index (χ1n) is 7.45. The van der Waals surface area contributed by atoms with Gasteiger partial charge in [0.25, 0.3) is 0 Å². The number of hydrogen-bond acceptors (Lipinski definition) is 4. The molecule has 0 atom stereocenters. The quantitative estimate of drug-likeness (QED) is 0.402. The second-order valence-corrected chi connectivity index (χ2v) is 5.85. The summed E-state index contributed by atoms with van der Waals surface area (Å²) in [7, 11) is 0. The lowest BCUT2D eigenvalue weighted by Gasteiger charge is -2.07. The summed E-state index contributed by atoms with van der Waals surface area (Å²) >= 11 is 11.7. The first-order valence-corrected chi connectivity index (χ1v) is 8.21. The van der Waals surface area contributed by atoms with Gasteiger partial charge in [-0.15, -0.1) is 0 Å². The van der Waals surface area contributed by atoms with Crippen LogP contribution in [0, 0.1) is 0 Å². The Morgan fingerprint density at radius 3 is 2.12 bits per heavy atom. The van der Waals surface area contributed by atoms with E-state index in [1.165, 1.54) is 30.3 Å². The van der Waals surface area contributed by atoms with Gasteiger partial charge in [0.2, 0.25) is 0 Å². The molecule has 0 aromatic heterocycles. The van der Waals surface area contributed by atoms with E-state index in [1.54, 1.807) is 12.1 Å². The molecule has 2 aromatic carbocycles. The zero-order valence-electron chi connectivity index (χ0n) is 13.1. The molecule has 0 saturated heterocycles. The SMILES string of the molecule is CCCCOC(=O)c1ccc(C(=O)Oc2ccc(Cl)c(Cl)c2)cc1. The van der Waals surface area contributed by atoms with E-state index in [4.69, 9.17) is 32.7 Å². The lowest BCUT2D eigenvalue weighted by molar-refractivity contribution is 0.0499. The second kappa shape index (κ2) is 8.71. The van der Waals surface area contributed by atoms with Crippen LogP contribution in [0.4, 0.5) is 0 Å². The Kier molecular flexibility index (Phi) is 6.64. The van der Waals surface area contributed by atoms with Gasteiger partial charge in [-0.2, -0.15) is 0 Å². The summed E-state index contributed by atoms with van der Waals surface area (Å²) < 4.78 is 10.3. The van der Waals surface area contributed by atoms with Gasteiger partial charge in [0, 0.05) is 6.07 Å². The molecular formula is C18H16Cl2O4. The van der Waals surface area contributed by atoms with Gasteiger partial charge in [-0.05, 0) is 42.8 Å². The van der Waals surface area contributed by atoms with Crippen molar-refractivity contribution < 1.29 is 19.1 Å². The summed E-state index contributed by atoms with van der Waals surface area (Å²) in [6.07, 6.45) is 1.77. The maximum Gasteiger partial charge on any atom is 0.343 e. The van der Waals surface area contributed by atoms with E-state index in [9.17, 15) is 9.59 Å². The van der Waals surface area contributed by atoms with E-state index in [1.807, 2.05) is 6.92 Å². The monoisotopic (exact) mass is 366 g/mol. The normalized spacial score (nSPS) is 10.3. The summed E-state index contributed by atoms with van der Waals surface area (Å²) in [4.78, 5) is 23.9. The molecule has 0 heterocycles. The van der Waals surface area contributed by atoms with Gasteiger partial charge < -0.3 is 9.47 Å². The maximum absolute atomic E-state index is 12.1. The third-order valence-corrected chi connectivity index (χ3v) is 3.93. The Morgan fingerprint density at radius 1 is 0.917 bits per heavy atom. The molecule has 2 rings (SSSR count). The zero-order chi connectivity index (χ0) is 17.5. The van der Waals surface area contributed by atoms with Crippen LogP contribution in [0.15, 0.2) is 42.5 Å². The molecule has 0 N–H and O–H groups in total. The van der Waals surface area contributed by atoms with Crippen molar-refractivity contribution in [2.75, 3.05) is 6.61 Å². The molecule has 0 aliphatic rings. The van der Waals surface area contributed by atoms with Gasteiger partial charge in [0.15, 0.2) is 0 Å². The van der Waals surface area contributed by atoms with Crippen LogP contribution in [0.25, 0.3) is 0 Å². The third kappa shape index (κ3) is 4.98. The molecule has 0 aliphatic carbocycles. The first kappa shape index (κ1) is 18.3. The number of hydrogen-bond donors (Lipinski definition) is 0. The van der Waals surface area contributed by atoms with E-state index in [0.29, 0.717) is 27.8 Å². The summed E-state index contributed by atoms with van der Waals surface area (Å²) in [5, 5.41) is 0.676. The lowest BCUT2D eigenvalue weighted by Crippen LogP contribution is -2.10. The molecule has 0 spiro atoms. The fourth-order valence-electron chi connectivity index (χ4n) is 1.84. The number of unbranched alkanes of at least 4 members (excludes halogenated alkanes) is 1. The lowest BCUT2D eigenvalue weighted by atomic mass is 10.1. The Morgan fingerprint density at radius 2 is 1.54 bits per heavy atom. The average molecular weight is 367 g/mol. The molecule has 0 saturated carbocycles. The van der Waals surface area contributed by atoms with Crippen molar-refractivity contribution in [2.24, 2.45) is 0 Å². The minimum absolute atomic E-state index is 0.289. The fourth-order valence-corrected chi connectivity index (χ4v) is 2.13. The van der Waals surface area contributed by atoms with E-state index >= 15 is 0 Å². The van der Waals surface area contributed by atoms with Crippen molar-refractivity contribution in [1.82, 2.24) is 0 Å². The Labute approximate surface area is 150 Å². The van der Waals surface area contributed by atoms with Crippen LogP contribution < -0.4 is 4.74 Å². The van der Waals surface area contributed by atoms with Crippen molar-refractivity contribution in [3.8, 4) is 5.75 Å². The summed E-state index contributed by atoms with van der Waals surface area (Å²) in [5.41, 5.74) is 0.698. The minimum Gasteiger partial charge on any atom is -0.462 e. The smallest absolute Gasteiger partial charge is 0.343 e. The van der Waals surface area contributed by atoms with Crippen molar-refractivity contribution >= 4 is 35.1 Å². The highest BCUT2D eigenvalue weighted by atomic mass is 35.5. The number of carbonyl (C=O) groups is 2. The number of esters is 2. The fraction of sp³-hybridized carbons (Fsp3) is 0.222. The summed E-state index contributed by atoms with van der Waals surface area (Å²) in [6.45, 7) is 2.40. The van der Waals surface area contributed by atoms with Gasteiger partial charge in [-0.1, -0.05) is 36.5 Å². The van der Waals surface area contributed by atoms with E-state index in [0.717, 1.165) is 12.8 Å². The molecule has 2 aromatic rings. The van der Waals surface area contributed by atoms with Crippen molar-refractivity contribution in [3.63, 3.8) is 0 Å². The first-order chi connectivity index (χ1) is 11.5. The predicted molar refractivity (Wildman–Crippen MR) is 93.1 cm³/mol. The highest BCUT2D eigenvalue weighted by Crippen LogP contribution is 2.26.